The lowest BCUT2D eigenvalue weighted by Gasteiger charge is -2.33. The molecule has 3 N–H and O–H groups in total. The molecule has 0 aromatic rings. The van der Waals surface area contributed by atoms with E-state index in [0.29, 0.717) is 38.6 Å². The second kappa shape index (κ2) is 14.6. The fraction of sp³-hybridized carbons (Fsp3) is 0.864. The molecule has 1 aliphatic heterocycles. The van der Waals surface area contributed by atoms with Crippen molar-refractivity contribution in [2.45, 2.75) is 78.9 Å². The molecule has 1 heterocycles. The van der Waals surface area contributed by atoms with E-state index in [1.807, 2.05) is 48.5 Å². The highest BCUT2D eigenvalue weighted by molar-refractivity contribution is 14.0. The van der Waals surface area contributed by atoms with Crippen molar-refractivity contribution in [1.29, 1.82) is 0 Å². The number of aliphatic imine (C=N–C) groups is 1. The lowest BCUT2D eigenvalue weighted by molar-refractivity contribution is 0.0186. The summed E-state index contributed by atoms with van der Waals surface area (Å²) < 4.78 is 10.7. The Morgan fingerprint density at radius 1 is 0.938 bits per heavy atom. The van der Waals surface area contributed by atoms with E-state index >= 15 is 0 Å². The Balaban J connectivity index is 0.00000961. The van der Waals surface area contributed by atoms with Gasteiger partial charge in [-0.3, -0.25) is 4.99 Å². The SMILES string of the molecule is CCNC(=NCC1CCN(C(=O)OC(C)(C)C)CC1)NCCCNC(=O)OC(C)(C)C.I. The van der Waals surface area contributed by atoms with Gasteiger partial charge in [0.25, 0.3) is 0 Å². The van der Waals surface area contributed by atoms with Gasteiger partial charge in [0, 0.05) is 39.3 Å². The minimum Gasteiger partial charge on any atom is -0.444 e. The number of carbonyl (C=O) groups excluding carboxylic acids is 2. The minimum atomic E-state index is -0.490. The molecule has 0 radical (unpaired) electrons. The maximum atomic E-state index is 12.2. The van der Waals surface area contributed by atoms with Crippen molar-refractivity contribution in [2.75, 3.05) is 39.3 Å². The summed E-state index contributed by atoms with van der Waals surface area (Å²) in [6.45, 7) is 17.3. The van der Waals surface area contributed by atoms with E-state index in [0.717, 1.165) is 31.8 Å². The van der Waals surface area contributed by atoms with Crippen LogP contribution in [0, 0.1) is 5.92 Å². The van der Waals surface area contributed by atoms with Crippen LogP contribution < -0.4 is 16.0 Å². The monoisotopic (exact) mass is 569 g/mol. The summed E-state index contributed by atoms with van der Waals surface area (Å²) in [6.07, 6.45) is 1.97. The van der Waals surface area contributed by atoms with Crippen LogP contribution in [0.5, 0.6) is 0 Å². The summed E-state index contributed by atoms with van der Waals surface area (Å²) in [4.78, 5) is 30.3. The van der Waals surface area contributed by atoms with Crippen molar-refractivity contribution in [3.05, 3.63) is 0 Å². The highest BCUT2D eigenvalue weighted by atomic mass is 127. The number of ether oxygens (including phenoxy) is 2. The number of rotatable bonds is 7. The Bertz CT molecular complexity index is 594. The van der Waals surface area contributed by atoms with Crippen LogP contribution in [0.3, 0.4) is 0 Å². The topological polar surface area (TPSA) is 104 Å². The Morgan fingerprint density at radius 2 is 1.50 bits per heavy atom. The van der Waals surface area contributed by atoms with Crippen LogP contribution in [0.15, 0.2) is 4.99 Å². The molecular weight excluding hydrogens is 525 g/mol. The van der Waals surface area contributed by atoms with E-state index < -0.39 is 17.3 Å². The summed E-state index contributed by atoms with van der Waals surface area (Å²) in [7, 11) is 0. The summed E-state index contributed by atoms with van der Waals surface area (Å²) in [5.74, 6) is 1.22. The number of nitrogens with zero attached hydrogens (tertiary/aromatic N) is 2. The van der Waals surface area contributed by atoms with Crippen molar-refractivity contribution < 1.29 is 19.1 Å². The Labute approximate surface area is 210 Å². The first-order chi connectivity index (χ1) is 14.4. The molecule has 0 aromatic carbocycles. The Kier molecular flexibility index (Phi) is 14.0. The number of alkyl carbamates (subject to hydrolysis) is 1. The van der Waals surface area contributed by atoms with Gasteiger partial charge >= 0.3 is 12.2 Å². The molecule has 0 unspecified atom stereocenters. The molecular formula is C22H44IN5O4. The van der Waals surface area contributed by atoms with E-state index in [1.54, 1.807) is 4.90 Å². The lowest BCUT2D eigenvalue weighted by Crippen LogP contribution is -2.42. The molecule has 0 aliphatic carbocycles. The zero-order chi connectivity index (χ0) is 23.5. The molecule has 0 bridgehead atoms. The summed E-state index contributed by atoms with van der Waals surface area (Å²) in [6, 6.07) is 0. The highest BCUT2D eigenvalue weighted by Crippen LogP contribution is 2.20. The van der Waals surface area contributed by atoms with Crippen LogP contribution in [-0.4, -0.2) is 73.5 Å². The minimum absolute atomic E-state index is 0. The van der Waals surface area contributed by atoms with Gasteiger partial charge in [-0.05, 0) is 73.6 Å². The number of amides is 2. The summed E-state index contributed by atoms with van der Waals surface area (Å²) in [5.41, 5.74) is -0.955. The van der Waals surface area contributed by atoms with Gasteiger partial charge in [-0.25, -0.2) is 9.59 Å². The maximum Gasteiger partial charge on any atom is 0.410 e. The smallest absolute Gasteiger partial charge is 0.410 e. The van der Waals surface area contributed by atoms with Gasteiger partial charge in [-0.2, -0.15) is 0 Å². The predicted octanol–water partition coefficient (Wildman–Crippen LogP) is 3.72. The molecule has 9 nitrogen and oxygen atoms in total. The van der Waals surface area contributed by atoms with Crippen molar-refractivity contribution >= 4 is 42.1 Å². The van der Waals surface area contributed by atoms with Gasteiger partial charge < -0.3 is 30.3 Å². The molecule has 1 aliphatic rings. The molecule has 1 saturated heterocycles. The Hall–Kier alpha value is -1.46. The van der Waals surface area contributed by atoms with Crippen molar-refractivity contribution in [3.8, 4) is 0 Å². The first kappa shape index (κ1) is 30.5. The molecule has 0 atom stereocenters. The van der Waals surface area contributed by atoms with E-state index in [-0.39, 0.29) is 30.1 Å². The molecule has 0 saturated carbocycles. The zero-order valence-corrected chi connectivity index (χ0v) is 23.2. The fourth-order valence-corrected chi connectivity index (χ4v) is 2.99. The van der Waals surface area contributed by atoms with Crippen LogP contribution in [0.4, 0.5) is 9.59 Å². The largest absolute Gasteiger partial charge is 0.444 e. The van der Waals surface area contributed by atoms with Gasteiger partial charge in [0.05, 0.1) is 0 Å². The zero-order valence-electron chi connectivity index (χ0n) is 20.9. The van der Waals surface area contributed by atoms with Crippen LogP contribution in [0.1, 0.15) is 67.7 Å². The first-order valence-corrected chi connectivity index (χ1v) is 11.4. The van der Waals surface area contributed by atoms with Gasteiger partial charge in [0.1, 0.15) is 11.2 Å². The third kappa shape index (κ3) is 14.6. The fourth-order valence-electron chi connectivity index (χ4n) is 2.99. The van der Waals surface area contributed by atoms with E-state index in [4.69, 9.17) is 14.5 Å². The van der Waals surface area contributed by atoms with Crippen molar-refractivity contribution in [1.82, 2.24) is 20.9 Å². The van der Waals surface area contributed by atoms with Crippen LogP contribution >= 0.6 is 24.0 Å². The van der Waals surface area contributed by atoms with E-state index in [2.05, 4.69) is 16.0 Å². The predicted molar refractivity (Wildman–Crippen MR) is 139 cm³/mol. The molecule has 0 aromatic heterocycles. The number of hydrogen-bond donors (Lipinski definition) is 3. The van der Waals surface area contributed by atoms with E-state index in [1.165, 1.54) is 0 Å². The number of hydrogen-bond acceptors (Lipinski definition) is 5. The number of nitrogens with one attached hydrogen (secondary N) is 3. The van der Waals surface area contributed by atoms with Gasteiger partial charge in [0.15, 0.2) is 5.96 Å². The third-order valence-corrected chi connectivity index (χ3v) is 4.43. The second-order valence-corrected chi connectivity index (χ2v) is 9.84. The van der Waals surface area contributed by atoms with Crippen molar-refractivity contribution in [2.24, 2.45) is 10.9 Å². The molecule has 32 heavy (non-hydrogen) atoms. The molecule has 0 spiro atoms. The molecule has 1 fully saturated rings. The van der Waals surface area contributed by atoms with Crippen LogP contribution in [0.2, 0.25) is 0 Å². The first-order valence-electron chi connectivity index (χ1n) is 11.4. The standard InChI is InChI=1S/C22H43N5O4.HI/c1-8-23-18(24-12-9-13-25-19(28)30-21(2,3)4)26-16-17-10-14-27(15-11-17)20(29)31-22(5,6)7;/h17H,8-16H2,1-7H3,(H,25,28)(H2,23,24,26);1H. The average Bonchev–Trinajstić information content (AvgIpc) is 2.63. The van der Waals surface area contributed by atoms with E-state index in [9.17, 15) is 9.59 Å². The van der Waals surface area contributed by atoms with Gasteiger partial charge in [-0.1, -0.05) is 0 Å². The number of halogens is 1. The van der Waals surface area contributed by atoms with Crippen LogP contribution in [-0.2, 0) is 9.47 Å². The number of carbonyl (C=O) groups is 2. The molecule has 188 valence electrons. The molecule has 10 heteroatoms. The maximum absolute atomic E-state index is 12.2. The number of guanidine groups is 1. The highest BCUT2D eigenvalue weighted by Gasteiger charge is 2.26. The summed E-state index contributed by atoms with van der Waals surface area (Å²) in [5, 5.41) is 9.30. The van der Waals surface area contributed by atoms with Gasteiger partial charge in [-0.15, -0.1) is 24.0 Å². The third-order valence-electron chi connectivity index (χ3n) is 4.43. The number of likely N-dealkylation sites (tertiary alicyclic amines) is 1. The molecule has 1 rings (SSSR count). The Morgan fingerprint density at radius 3 is 2.03 bits per heavy atom. The summed E-state index contributed by atoms with van der Waals surface area (Å²) >= 11 is 0. The quantitative estimate of drug-likeness (QED) is 0.187. The average molecular weight is 570 g/mol. The van der Waals surface area contributed by atoms with Crippen LogP contribution in [0.25, 0.3) is 0 Å². The van der Waals surface area contributed by atoms with Gasteiger partial charge in [0.2, 0.25) is 0 Å². The normalized spacial score (nSPS) is 15.5. The molecule has 2 amide bonds. The second-order valence-electron chi connectivity index (χ2n) is 9.84. The van der Waals surface area contributed by atoms with Crippen molar-refractivity contribution in [3.63, 3.8) is 0 Å². The number of piperidine rings is 1. The lowest BCUT2D eigenvalue weighted by atomic mass is 9.97.